The van der Waals surface area contributed by atoms with E-state index in [0.717, 1.165) is 17.3 Å². The number of aryl methyl sites for hydroxylation is 1. The van der Waals surface area contributed by atoms with E-state index in [2.05, 4.69) is 5.32 Å². The van der Waals surface area contributed by atoms with E-state index in [1.807, 2.05) is 35.9 Å². The fourth-order valence-electron chi connectivity index (χ4n) is 1.94. The third kappa shape index (κ3) is 2.35. The van der Waals surface area contributed by atoms with Crippen LogP contribution in [0.15, 0.2) is 24.3 Å². The number of aromatic nitrogens is 1. The number of amides is 1. The molecule has 4 nitrogen and oxygen atoms in total. The molecule has 0 radical (unpaired) electrons. The largest absolute Gasteiger partial charge is 0.351 e. The summed E-state index contributed by atoms with van der Waals surface area (Å²) < 4.78 is 1.85. The van der Waals surface area contributed by atoms with Gasteiger partial charge in [-0.1, -0.05) is 17.7 Å². The van der Waals surface area contributed by atoms with Crippen LogP contribution in [0.25, 0.3) is 10.9 Å². The maximum absolute atomic E-state index is 12.0. The van der Waals surface area contributed by atoms with Gasteiger partial charge in [0.25, 0.3) is 5.91 Å². The Morgan fingerprint density at radius 2 is 2.28 bits per heavy atom. The van der Waals surface area contributed by atoms with Crippen molar-refractivity contribution in [2.45, 2.75) is 6.42 Å². The number of hydrogen-bond donors (Lipinski definition) is 2. The Labute approximate surface area is 111 Å². The number of benzene rings is 1. The van der Waals surface area contributed by atoms with E-state index in [4.69, 9.17) is 17.3 Å². The number of nitrogens with two attached hydrogens (primary N) is 1. The van der Waals surface area contributed by atoms with Crippen LogP contribution in [0.5, 0.6) is 0 Å². The maximum Gasteiger partial charge on any atom is 0.267 e. The summed E-state index contributed by atoms with van der Waals surface area (Å²) in [6.07, 6.45) is 0.774. The molecule has 3 N–H and O–H groups in total. The normalized spacial score (nSPS) is 10.8. The second-order valence-corrected chi connectivity index (χ2v) is 4.57. The Morgan fingerprint density at radius 1 is 1.50 bits per heavy atom. The fourth-order valence-corrected chi connectivity index (χ4v) is 2.16. The highest BCUT2D eigenvalue weighted by molar-refractivity contribution is 6.35. The van der Waals surface area contributed by atoms with Gasteiger partial charge in [-0.3, -0.25) is 4.79 Å². The summed E-state index contributed by atoms with van der Waals surface area (Å²) in [6.45, 7) is 1.16. The number of nitrogens with zero attached hydrogens (tertiary/aromatic N) is 1. The van der Waals surface area contributed by atoms with Gasteiger partial charge in [-0.15, -0.1) is 0 Å². The van der Waals surface area contributed by atoms with E-state index in [0.29, 0.717) is 23.8 Å². The van der Waals surface area contributed by atoms with E-state index in [1.54, 1.807) is 0 Å². The molecular formula is C13H16ClN3O. The van der Waals surface area contributed by atoms with E-state index in [1.165, 1.54) is 0 Å². The quantitative estimate of drug-likeness (QED) is 0.830. The highest BCUT2D eigenvalue weighted by atomic mass is 35.5. The molecule has 0 aliphatic heterocycles. The molecule has 0 unspecified atom stereocenters. The van der Waals surface area contributed by atoms with Crippen LogP contribution < -0.4 is 11.1 Å². The van der Waals surface area contributed by atoms with E-state index in [9.17, 15) is 4.79 Å². The van der Waals surface area contributed by atoms with Crippen LogP contribution in [0.4, 0.5) is 0 Å². The van der Waals surface area contributed by atoms with Crippen molar-refractivity contribution in [1.82, 2.24) is 9.88 Å². The number of carbonyl (C=O) groups excluding carboxylic acids is 1. The molecule has 0 saturated carbocycles. The molecule has 0 aliphatic rings. The summed E-state index contributed by atoms with van der Waals surface area (Å²) in [4.78, 5) is 12.0. The lowest BCUT2D eigenvalue weighted by atomic mass is 10.2. The SMILES string of the molecule is Cn1c(C(=O)NCCCN)cc2c(Cl)cccc21. The van der Waals surface area contributed by atoms with Gasteiger partial charge < -0.3 is 15.6 Å². The standard InChI is InChI=1S/C13H16ClN3O/c1-17-11-5-2-4-10(14)9(11)8-12(17)13(18)16-7-3-6-15/h2,4-5,8H,3,6-7,15H2,1H3,(H,16,18). The minimum absolute atomic E-state index is 0.0989. The summed E-state index contributed by atoms with van der Waals surface area (Å²) in [7, 11) is 1.86. The van der Waals surface area contributed by atoms with E-state index >= 15 is 0 Å². The highest BCUT2D eigenvalue weighted by Gasteiger charge is 2.13. The fraction of sp³-hybridized carbons (Fsp3) is 0.308. The van der Waals surface area contributed by atoms with Gasteiger partial charge in [0.2, 0.25) is 0 Å². The van der Waals surface area contributed by atoms with Crippen molar-refractivity contribution in [3.63, 3.8) is 0 Å². The number of halogens is 1. The molecule has 1 aromatic heterocycles. The van der Waals surface area contributed by atoms with Gasteiger partial charge in [0.1, 0.15) is 5.69 Å². The summed E-state index contributed by atoms with van der Waals surface area (Å²) >= 11 is 6.11. The van der Waals surface area contributed by atoms with Crippen molar-refractivity contribution < 1.29 is 4.79 Å². The minimum Gasteiger partial charge on any atom is -0.351 e. The average molecular weight is 266 g/mol. The zero-order valence-electron chi connectivity index (χ0n) is 10.2. The summed E-state index contributed by atoms with van der Waals surface area (Å²) in [5.41, 5.74) is 6.95. The zero-order valence-corrected chi connectivity index (χ0v) is 11.0. The first-order chi connectivity index (χ1) is 8.65. The Kier molecular flexibility index (Phi) is 3.89. The number of nitrogens with one attached hydrogen (secondary N) is 1. The lowest BCUT2D eigenvalue weighted by Gasteiger charge is -2.05. The average Bonchev–Trinajstić information content (AvgIpc) is 2.69. The van der Waals surface area contributed by atoms with Gasteiger partial charge in [-0.25, -0.2) is 0 Å². The van der Waals surface area contributed by atoms with Gasteiger partial charge in [0.05, 0.1) is 0 Å². The topological polar surface area (TPSA) is 60.0 Å². The second-order valence-electron chi connectivity index (χ2n) is 4.16. The number of carbonyl (C=O) groups is 1. The van der Waals surface area contributed by atoms with Gasteiger partial charge in [-0.2, -0.15) is 0 Å². The van der Waals surface area contributed by atoms with Crippen molar-refractivity contribution in [2.75, 3.05) is 13.1 Å². The molecule has 2 rings (SSSR count). The number of hydrogen-bond acceptors (Lipinski definition) is 2. The van der Waals surface area contributed by atoms with E-state index in [-0.39, 0.29) is 5.91 Å². The van der Waals surface area contributed by atoms with Crippen molar-refractivity contribution in [3.8, 4) is 0 Å². The number of fused-ring (bicyclic) bond motifs is 1. The summed E-state index contributed by atoms with van der Waals surface area (Å²) in [6, 6.07) is 7.45. The van der Waals surface area contributed by atoms with Crippen molar-refractivity contribution in [1.29, 1.82) is 0 Å². The molecule has 96 valence electrons. The predicted octanol–water partition coefficient (Wildman–Crippen LogP) is 1.91. The molecule has 1 heterocycles. The van der Waals surface area contributed by atoms with E-state index < -0.39 is 0 Å². The molecule has 0 bridgehead atoms. The molecule has 2 aromatic rings. The molecular weight excluding hydrogens is 250 g/mol. The monoisotopic (exact) mass is 265 g/mol. The Morgan fingerprint density at radius 3 is 2.94 bits per heavy atom. The molecule has 0 fully saturated rings. The van der Waals surface area contributed by atoms with Gasteiger partial charge in [0.15, 0.2) is 0 Å². The first-order valence-corrected chi connectivity index (χ1v) is 6.25. The van der Waals surface area contributed by atoms with Gasteiger partial charge in [-0.05, 0) is 31.2 Å². The van der Waals surface area contributed by atoms with Crippen molar-refractivity contribution >= 4 is 28.4 Å². The maximum atomic E-state index is 12.0. The first kappa shape index (κ1) is 12.9. The first-order valence-electron chi connectivity index (χ1n) is 5.87. The van der Waals surface area contributed by atoms with Crippen LogP contribution in [0.2, 0.25) is 5.02 Å². The van der Waals surface area contributed by atoms with Crippen molar-refractivity contribution in [2.24, 2.45) is 12.8 Å². The summed E-state index contributed by atoms with van der Waals surface area (Å²) in [5, 5.41) is 4.39. The van der Waals surface area contributed by atoms with Gasteiger partial charge >= 0.3 is 0 Å². The van der Waals surface area contributed by atoms with Crippen LogP contribution in [-0.2, 0) is 7.05 Å². The molecule has 5 heteroatoms. The minimum atomic E-state index is -0.0989. The van der Waals surface area contributed by atoms with Gasteiger partial charge in [0, 0.05) is 29.5 Å². The smallest absolute Gasteiger partial charge is 0.267 e. The van der Waals surface area contributed by atoms with Crippen LogP contribution in [0.3, 0.4) is 0 Å². The van der Waals surface area contributed by atoms with Crippen LogP contribution in [0, 0.1) is 0 Å². The Bertz CT molecular complexity index is 577. The van der Waals surface area contributed by atoms with Crippen LogP contribution >= 0.6 is 11.6 Å². The summed E-state index contributed by atoms with van der Waals surface area (Å²) in [5.74, 6) is -0.0989. The lowest BCUT2D eigenvalue weighted by molar-refractivity contribution is 0.0946. The predicted molar refractivity (Wildman–Crippen MR) is 73.9 cm³/mol. The molecule has 0 aliphatic carbocycles. The lowest BCUT2D eigenvalue weighted by Crippen LogP contribution is -2.27. The Balaban J connectivity index is 2.31. The van der Waals surface area contributed by atoms with Crippen LogP contribution in [0.1, 0.15) is 16.9 Å². The molecule has 1 amide bonds. The third-order valence-electron chi connectivity index (χ3n) is 2.93. The highest BCUT2D eigenvalue weighted by Crippen LogP contribution is 2.26. The van der Waals surface area contributed by atoms with Crippen LogP contribution in [-0.4, -0.2) is 23.6 Å². The number of rotatable bonds is 4. The second kappa shape index (κ2) is 5.42. The molecule has 1 aromatic carbocycles. The molecule has 0 spiro atoms. The molecule has 18 heavy (non-hydrogen) atoms. The molecule has 0 atom stereocenters. The Hall–Kier alpha value is -1.52. The third-order valence-corrected chi connectivity index (χ3v) is 3.26. The van der Waals surface area contributed by atoms with Crippen molar-refractivity contribution in [3.05, 3.63) is 35.0 Å². The zero-order chi connectivity index (χ0) is 13.1. The molecule has 0 saturated heterocycles.